The van der Waals surface area contributed by atoms with E-state index in [0.717, 1.165) is 17.8 Å². The van der Waals surface area contributed by atoms with Gasteiger partial charge in [-0.1, -0.05) is 41.9 Å². The van der Waals surface area contributed by atoms with Crippen LogP contribution in [0.1, 0.15) is 27.0 Å². The van der Waals surface area contributed by atoms with Gasteiger partial charge in [-0.15, -0.1) is 0 Å². The van der Waals surface area contributed by atoms with E-state index < -0.39 is 17.6 Å². The number of nitrogens with zero attached hydrogens (tertiary/aromatic N) is 1. The highest BCUT2D eigenvalue weighted by atomic mass is 35.5. The molecule has 0 fully saturated rings. The summed E-state index contributed by atoms with van der Waals surface area (Å²) in [6, 6.07) is 18.5. The van der Waals surface area contributed by atoms with E-state index >= 15 is 0 Å². The maximum absolute atomic E-state index is 13.0. The van der Waals surface area contributed by atoms with E-state index in [9.17, 15) is 18.0 Å². The summed E-state index contributed by atoms with van der Waals surface area (Å²) in [4.78, 5) is 12.1. The van der Waals surface area contributed by atoms with Gasteiger partial charge in [-0.25, -0.2) is 5.43 Å². The molecule has 0 radical (unpaired) electrons. The summed E-state index contributed by atoms with van der Waals surface area (Å²) in [5, 5.41) is 4.27. The molecule has 0 aliphatic rings. The minimum absolute atomic E-state index is 0.142. The molecule has 0 unspecified atom stereocenters. The number of hydrogen-bond donors (Lipinski definition) is 1. The Kier molecular flexibility index (Phi) is 6.74. The Labute approximate surface area is 175 Å². The first-order valence-electron chi connectivity index (χ1n) is 8.80. The normalized spacial score (nSPS) is 11.5. The summed E-state index contributed by atoms with van der Waals surface area (Å²) in [6.45, 7) is 0.339. The number of hydrazone groups is 1. The molecule has 0 heterocycles. The Balaban J connectivity index is 1.57. The highest BCUT2D eigenvalue weighted by molar-refractivity contribution is 6.30. The second kappa shape index (κ2) is 9.45. The van der Waals surface area contributed by atoms with Gasteiger partial charge in [0.25, 0.3) is 5.91 Å². The van der Waals surface area contributed by atoms with E-state index in [-0.39, 0.29) is 11.1 Å². The van der Waals surface area contributed by atoms with Gasteiger partial charge in [0.05, 0.1) is 11.8 Å². The first-order chi connectivity index (χ1) is 14.3. The van der Waals surface area contributed by atoms with Crippen molar-refractivity contribution in [3.63, 3.8) is 0 Å². The minimum Gasteiger partial charge on any atom is -0.489 e. The van der Waals surface area contributed by atoms with Crippen molar-refractivity contribution in [1.29, 1.82) is 0 Å². The molecule has 3 aromatic rings. The van der Waals surface area contributed by atoms with Gasteiger partial charge in [-0.05, 0) is 48.0 Å². The standard InChI is InChI=1S/C22H16ClF3N2O2/c23-18-9-5-15(6-10-18)14-30-19-11-7-16(8-12-19)21(29)28-27-13-17-3-1-2-4-20(17)22(24,25)26/h1-13H,14H2,(H,28,29)/b27-13+. The molecule has 0 bridgehead atoms. The molecular weight excluding hydrogens is 417 g/mol. The van der Waals surface area contributed by atoms with Crippen molar-refractivity contribution in [2.75, 3.05) is 0 Å². The summed E-state index contributed by atoms with van der Waals surface area (Å²) in [7, 11) is 0. The summed E-state index contributed by atoms with van der Waals surface area (Å²) in [5.74, 6) is 0.00379. The van der Waals surface area contributed by atoms with Crippen molar-refractivity contribution in [3.8, 4) is 5.75 Å². The number of carbonyl (C=O) groups is 1. The highest BCUT2D eigenvalue weighted by Crippen LogP contribution is 2.31. The second-order valence-electron chi connectivity index (χ2n) is 6.22. The number of rotatable bonds is 6. The summed E-state index contributed by atoms with van der Waals surface area (Å²) < 4.78 is 44.5. The van der Waals surface area contributed by atoms with E-state index in [4.69, 9.17) is 16.3 Å². The molecule has 30 heavy (non-hydrogen) atoms. The van der Waals surface area contributed by atoms with Crippen molar-refractivity contribution in [2.45, 2.75) is 12.8 Å². The van der Waals surface area contributed by atoms with E-state index in [1.54, 1.807) is 24.3 Å². The maximum atomic E-state index is 13.0. The van der Waals surface area contributed by atoms with Crippen LogP contribution in [0.3, 0.4) is 0 Å². The molecule has 154 valence electrons. The van der Waals surface area contributed by atoms with Crippen molar-refractivity contribution in [3.05, 3.63) is 100 Å². The molecule has 0 aliphatic carbocycles. The topological polar surface area (TPSA) is 50.7 Å². The monoisotopic (exact) mass is 432 g/mol. The Morgan fingerprint density at radius 2 is 1.67 bits per heavy atom. The zero-order valence-electron chi connectivity index (χ0n) is 15.5. The van der Waals surface area contributed by atoms with Gasteiger partial charge in [0.1, 0.15) is 12.4 Å². The lowest BCUT2D eigenvalue weighted by molar-refractivity contribution is -0.137. The Hall–Kier alpha value is -3.32. The number of halogens is 4. The molecule has 0 aliphatic heterocycles. The van der Waals surface area contributed by atoms with Crippen molar-refractivity contribution in [2.24, 2.45) is 5.10 Å². The van der Waals surface area contributed by atoms with Crippen LogP contribution in [0.15, 0.2) is 77.9 Å². The molecule has 4 nitrogen and oxygen atoms in total. The van der Waals surface area contributed by atoms with Crippen LogP contribution >= 0.6 is 11.6 Å². The Morgan fingerprint density at radius 3 is 2.33 bits per heavy atom. The van der Waals surface area contributed by atoms with Crippen LogP contribution in [0.2, 0.25) is 5.02 Å². The van der Waals surface area contributed by atoms with Gasteiger partial charge >= 0.3 is 6.18 Å². The summed E-state index contributed by atoms with van der Waals surface area (Å²) in [5.41, 5.74) is 2.47. The minimum atomic E-state index is -4.51. The number of ether oxygens (including phenoxy) is 1. The van der Waals surface area contributed by atoms with Gasteiger partial charge in [-0.3, -0.25) is 4.79 Å². The highest BCUT2D eigenvalue weighted by Gasteiger charge is 2.32. The third-order valence-corrected chi connectivity index (χ3v) is 4.32. The van der Waals surface area contributed by atoms with Crippen molar-refractivity contribution in [1.82, 2.24) is 5.43 Å². The van der Waals surface area contributed by atoms with Crippen molar-refractivity contribution >= 4 is 23.7 Å². The molecule has 3 rings (SSSR count). The second-order valence-corrected chi connectivity index (χ2v) is 6.66. The van der Waals surface area contributed by atoms with Gasteiger partial charge in [0.2, 0.25) is 0 Å². The molecule has 3 aromatic carbocycles. The van der Waals surface area contributed by atoms with Crippen LogP contribution in [0, 0.1) is 0 Å². The van der Waals surface area contributed by atoms with Gasteiger partial charge in [0, 0.05) is 16.1 Å². The molecular formula is C22H16ClF3N2O2. The van der Waals surface area contributed by atoms with Crippen molar-refractivity contribution < 1.29 is 22.7 Å². The smallest absolute Gasteiger partial charge is 0.417 e. The lowest BCUT2D eigenvalue weighted by Gasteiger charge is -2.09. The van der Waals surface area contributed by atoms with E-state index in [0.29, 0.717) is 17.4 Å². The number of hydrogen-bond acceptors (Lipinski definition) is 3. The lowest BCUT2D eigenvalue weighted by atomic mass is 10.1. The summed E-state index contributed by atoms with van der Waals surface area (Å²) in [6.07, 6.45) is -3.54. The number of alkyl halides is 3. The number of amides is 1. The largest absolute Gasteiger partial charge is 0.489 e. The maximum Gasteiger partial charge on any atom is 0.417 e. The first-order valence-corrected chi connectivity index (χ1v) is 9.17. The molecule has 0 saturated heterocycles. The predicted molar refractivity (Wildman–Crippen MR) is 109 cm³/mol. The fraction of sp³-hybridized carbons (Fsp3) is 0.0909. The van der Waals surface area contributed by atoms with Crippen LogP contribution in [-0.4, -0.2) is 12.1 Å². The number of carbonyl (C=O) groups excluding carboxylic acids is 1. The first kappa shape index (κ1) is 21.4. The average Bonchev–Trinajstić information content (AvgIpc) is 2.73. The SMILES string of the molecule is O=C(N/N=C/c1ccccc1C(F)(F)F)c1ccc(OCc2ccc(Cl)cc2)cc1. The number of benzene rings is 3. The van der Waals surface area contributed by atoms with Crippen LogP contribution < -0.4 is 10.2 Å². The Morgan fingerprint density at radius 1 is 1.00 bits per heavy atom. The fourth-order valence-corrected chi connectivity index (χ4v) is 2.67. The molecule has 1 N–H and O–H groups in total. The predicted octanol–water partition coefficient (Wildman–Crippen LogP) is 5.70. The zero-order valence-corrected chi connectivity index (χ0v) is 16.2. The quantitative estimate of drug-likeness (QED) is 0.401. The molecule has 1 amide bonds. The van der Waals surface area contributed by atoms with Crippen LogP contribution in [0.5, 0.6) is 5.75 Å². The fourth-order valence-electron chi connectivity index (χ4n) is 2.54. The lowest BCUT2D eigenvalue weighted by Crippen LogP contribution is -2.18. The van der Waals surface area contributed by atoms with Crippen LogP contribution in [0.4, 0.5) is 13.2 Å². The third-order valence-electron chi connectivity index (χ3n) is 4.07. The van der Waals surface area contributed by atoms with Gasteiger partial charge in [-0.2, -0.15) is 18.3 Å². The zero-order chi connectivity index (χ0) is 21.6. The number of nitrogens with one attached hydrogen (secondary N) is 1. The van der Waals surface area contributed by atoms with E-state index in [2.05, 4.69) is 10.5 Å². The molecule has 0 saturated carbocycles. The molecule has 0 aromatic heterocycles. The van der Waals surface area contributed by atoms with E-state index in [1.807, 2.05) is 12.1 Å². The van der Waals surface area contributed by atoms with Gasteiger partial charge in [0.15, 0.2) is 0 Å². The van der Waals surface area contributed by atoms with Crippen LogP contribution in [-0.2, 0) is 12.8 Å². The molecule has 0 spiro atoms. The molecule has 8 heteroatoms. The average molecular weight is 433 g/mol. The van der Waals surface area contributed by atoms with E-state index in [1.165, 1.54) is 30.3 Å². The summed E-state index contributed by atoms with van der Waals surface area (Å²) >= 11 is 5.84. The Bertz CT molecular complexity index is 1030. The third kappa shape index (κ3) is 5.84. The van der Waals surface area contributed by atoms with Gasteiger partial charge < -0.3 is 4.74 Å². The van der Waals surface area contributed by atoms with Crippen LogP contribution in [0.25, 0.3) is 0 Å². The molecule has 0 atom stereocenters.